The van der Waals surface area contributed by atoms with E-state index in [0.29, 0.717) is 24.8 Å². The summed E-state index contributed by atoms with van der Waals surface area (Å²) in [6.45, 7) is 0.563. The molecule has 0 bridgehead atoms. The van der Waals surface area contributed by atoms with Crippen molar-refractivity contribution in [3.8, 4) is 0 Å². The van der Waals surface area contributed by atoms with Crippen LogP contribution in [0.25, 0.3) is 0 Å². The molecule has 24 heavy (non-hydrogen) atoms. The molecule has 2 heterocycles. The predicted octanol–water partition coefficient (Wildman–Crippen LogP) is 2.02. The van der Waals surface area contributed by atoms with Gasteiger partial charge in [-0.15, -0.1) is 0 Å². The SMILES string of the molecule is O=S(=O)(NC1(c2ncc[nH]2)CCOC1)c1ccc(C2CC2)cc1F. The lowest BCUT2D eigenvalue weighted by molar-refractivity contribution is 0.171. The fraction of sp³-hybridized carbons (Fsp3) is 0.438. The van der Waals surface area contributed by atoms with Crippen LogP contribution >= 0.6 is 0 Å². The van der Waals surface area contributed by atoms with Gasteiger partial charge < -0.3 is 9.72 Å². The molecule has 1 saturated carbocycles. The molecule has 128 valence electrons. The average Bonchev–Trinajstić information content (AvgIpc) is 3.04. The molecule has 1 saturated heterocycles. The highest BCUT2D eigenvalue weighted by Crippen LogP contribution is 2.40. The summed E-state index contributed by atoms with van der Waals surface area (Å²) < 4.78 is 47.9. The number of imidazole rings is 1. The van der Waals surface area contributed by atoms with Crippen LogP contribution in [-0.4, -0.2) is 31.6 Å². The molecule has 2 aliphatic rings. The minimum absolute atomic E-state index is 0.154. The maximum absolute atomic E-state index is 14.4. The van der Waals surface area contributed by atoms with Crippen molar-refractivity contribution in [2.45, 2.75) is 35.6 Å². The van der Waals surface area contributed by atoms with E-state index in [1.54, 1.807) is 18.5 Å². The molecule has 0 radical (unpaired) electrons. The number of hydrogen-bond donors (Lipinski definition) is 2. The molecule has 0 spiro atoms. The molecule has 1 aromatic carbocycles. The Balaban J connectivity index is 1.67. The smallest absolute Gasteiger partial charge is 0.244 e. The number of ether oxygens (including phenoxy) is 1. The van der Waals surface area contributed by atoms with Gasteiger partial charge in [0.1, 0.15) is 22.1 Å². The summed E-state index contributed by atoms with van der Waals surface area (Å²) in [6.07, 6.45) is 5.66. The van der Waals surface area contributed by atoms with Gasteiger partial charge in [0.2, 0.25) is 10.0 Å². The number of benzene rings is 1. The summed E-state index contributed by atoms with van der Waals surface area (Å²) in [5.74, 6) is 0.112. The second-order valence-electron chi connectivity index (χ2n) is 6.39. The Labute approximate surface area is 139 Å². The Morgan fingerprint density at radius 3 is 2.79 bits per heavy atom. The van der Waals surface area contributed by atoms with E-state index in [-0.39, 0.29) is 11.5 Å². The van der Waals surface area contributed by atoms with Crippen LogP contribution in [0.1, 0.15) is 36.6 Å². The van der Waals surface area contributed by atoms with Crippen LogP contribution in [0, 0.1) is 5.82 Å². The van der Waals surface area contributed by atoms with Crippen LogP contribution in [0.2, 0.25) is 0 Å². The van der Waals surface area contributed by atoms with Gasteiger partial charge in [0.25, 0.3) is 0 Å². The Kier molecular flexibility index (Phi) is 3.70. The van der Waals surface area contributed by atoms with Crippen molar-refractivity contribution in [2.24, 2.45) is 0 Å². The largest absolute Gasteiger partial charge is 0.379 e. The van der Waals surface area contributed by atoms with E-state index < -0.39 is 21.4 Å². The zero-order chi connectivity index (χ0) is 16.8. The van der Waals surface area contributed by atoms with Crippen molar-refractivity contribution in [3.05, 3.63) is 47.8 Å². The summed E-state index contributed by atoms with van der Waals surface area (Å²) >= 11 is 0. The fourth-order valence-electron chi connectivity index (χ4n) is 3.13. The standard InChI is InChI=1S/C16H18FN3O3S/c17-13-9-12(11-1-2-11)3-4-14(13)24(21,22)20-16(5-8-23-10-16)15-18-6-7-19-15/h3-4,6-7,9,11,20H,1-2,5,8,10H2,(H,18,19). The van der Waals surface area contributed by atoms with Gasteiger partial charge in [-0.2, -0.15) is 4.72 Å². The molecule has 1 atom stereocenters. The molecule has 2 fully saturated rings. The number of rotatable bonds is 5. The van der Waals surface area contributed by atoms with E-state index in [1.807, 2.05) is 0 Å². The van der Waals surface area contributed by atoms with E-state index in [0.717, 1.165) is 18.4 Å². The lowest BCUT2D eigenvalue weighted by Crippen LogP contribution is -2.47. The first kappa shape index (κ1) is 15.7. The third-order valence-electron chi connectivity index (χ3n) is 4.60. The van der Waals surface area contributed by atoms with E-state index in [1.165, 1.54) is 12.1 Å². The van der Waals surface area contributed by atoms with E-state index in [9.17, 15) is 12.8 Å². The maximum Gasteiger partial charge on any atom is 0.244 e. The monoisotopic (exact) mass is 351 g/mol. The van der Waals surface area contributed by atoms with Crippen molar-refractivity contribution in [1.82, 2.24) is 14.7 Å². The van der Waals surface area contributed by atoms with Crippen molar-refractivity contribution in [2.75, 3.05) is 13.2 Å². The van der Waals surface area contributed by atoms with Crippen LogP contribution in [0.15, 0.2) is 35.5 Å². The number of nitrogens with zero attached hydrogens (tertiary/aromatic N) is 1. The second-order valence-corrected chi connectivity index (χ2v) is 8.04. The molecular weight excluding hydrogens is 333 g/mol. The molecule has 2 aromatic rings. The van der Waals surface area contributed by atoms with E-state index in [2.05, 4.69) is 14.7 Å². The molecule has 1 unspecified atom stereocenters. The van der Waals surface area contributed by atoms with Gasteiger partial charge >= 0.3 is 0 Å². The Hall–Kier alpha value is -1.77. The number of H-pyrrole nitrogens is 1. The van der Waals surface area contributed by atoms with Gasteiger partial charge in [0, 0.05) is 19.0 Å². The zero-order valence-electron chi connectivity index (χ0n) is 13.0. The molecule has 2 N–H and O–H groups in total. The van der Waals surface area contributed by atoms with Crippen LogP contribution < -0.4 is 4.72 Å². The first-order chi connectivity index (χ1) is 11.5. The fourth-order valence-corrected chi connectivity index (χ4v) is 4.57. The number of aromatic amines is 1. The van der Waals surface area contributed by atoms with Gasteiger partial charge in [-0.1, -0.05) is 6.07 Å². The second kappa shape index (κ2) is 5.65. The lowest BCUT2D eigenvalue weighted by atomic mass is 10.00. The third-order valence-corrected chi connectivity index (χ3v) is 6.17. The quantitative estimate of drug-likeness (QED) is 0.863. The van der Waals surface area contributed by atoms with Gasteiger partial charge in [-0.05, 0) is 42.9 Å². The highest BCUT2D eigenvalue weighted by molar-refractivity contribution is 7.89. The van der Waals surface area contributed by atoms with E-state index >= 15 is 0 Å². The molecule has 0 amide bonds. The van der Waals surface area contributed by atoms with Gasteiger partial charge in [0.15, 0.2) is 0 Å². The number of sulfonamides is 1. The number of nitrogens with one attached hydrogen (secondary N) is 2. The van der Waals surface area contributed by atoms with Crippen molar-refractivity contribution in [1.29, 1.82) is 0 Å². The molecule has 1 aromatic heterocycles. The summed E-state index contributed by atoms with van der Waals surface area (Å²) in [4.78, 5) is 6.75. The highest BCUT2D eigenvalue weighted by atomic mass is 32.2. The Morgan fingerprint density at radius 1 is 1.38 bits per heavy atom. The van der Waals surface area contributed by atoms with Crippen molar-refractivity contribution >= 4 is 10.0 Å². The number of hydrogen-bond acceptors (Lipinski definition) is 4. The van der Waals surface area contributed by atoms with Crippen LogP contribution in [-0.2, 0) is 20.3 Å². The van der Waals surface area contributed by atoms with Crippen LogP contribution in [0.3, 0.4) is 0 Å². The molecule has 1 aliphatic carbocycles. The molecule has 4 rings (SSSR count). The third kappa shape index (κ3) is 2.74. The normalized spacial score (nSPS) is 24.4. The zero-order valence-corrected chi connectivity index (χ0v) is 13.8. The van der Waals surface area contributed by atoms with Crippen LogP contribution in [0.5, 0.6) is 0 Å². The van der Waals surface area contributed by atoms with Gasteiger partial charge in [-0.3, -0.25) is 0 Å². The average molecular weight is 351 g/mol. The first-order valence-corrected chi connectivity index (χ1v) is 9.40. The summed E-state index contributed by atoms with van der Waals surface area (Å²) in [7, 11) is -4.05. The predicted molar refractivity (Wildman–Crippen MR) is 84.4 cm³/mol. The minimum atomic E-state index is -4.05. The first-order valence-electron chi connectivity index (χ1n) is 7.91. The number of halogens is 1. The van der Waals surface area contributed by atoms with E-state index in [4.69, 9.17) is 4.74 Å². The van der Waals surface area contributed by atoms with Crippen molar-refractivity contribution in [3.63, 3.8) is 0 Å². The topological polar surface area (TPSA) is 84.1 Å². The minimum Gasteiger partial charge on any atom is -0.379 e. The summed E-state index contributed by atoms with van der Waals surface area (Å²) in [6, 6.07) is 4.37. The maximum atomic E-state index is 14.4. The van der Waals surface area contributed by atoms with Gasteiger partial charge in [0.05, 0.1) is 6.61 Å². The summed E-state index contributed by atoms with van der Waals surface area (Å²) in [5.41, 5.74) is -0.138. The molecule has 6 nitrogen and oxygen atoms in total. The highest BCUT2D eigenvalue weighted by Gasteiger charge is 2.43. The van der Waals surface area contributed by atoms with Gasteiger partial charge in [-0.25, -0.2) is 17.8 Å². The Bertz CT molecular complexity index is 841. The Morgan fingerprint density at radius 2 is 2.21 bits per heavy atom. The summed E-state index contributed by atoms with van der Waals surface area (Å²) in [5, 5.41) is 0. The molecule has 8 heteroatoms. The number of aromatic nitrogens is 2. The molecule has 1 aliphatic heterocycles. The molecular formula is C16H18FN3O3S. The van der Waals surface area contributed by atoms with Crippen molar-refractivity contribution < 1.29 is 17.5 Å². The lowest BCUT2D eigenvalue weighted by Gasteiger charge is -2.26. The van der Waals surface area contributed by atoms with Crippen LogP contribution in [0.4, 0.5) is 4.39 Å².